The SMILES string of the molecule is C=C(CCCC)C(=O)O.CCCCC(C(=O)O)C(=O)O.CCCCC(CN(C=O)OCc1ccccc1)C(=O)N[C@H](C(=O)NC)C(C)(C)C.CCCCC(CN(C=O)OCc1ccccc1)C(=O)O.CCCCC(CN(C=O)OCc1ccccc1)C(=O)Oc1c(F)c(F)c(F)c(F)c1F.CCCCC(CNOCc1ccccc1)C(=O)O. The molecular formula is C86H121F5N6O21. The van der Waals surface area contributed by atoms with Gasteiger partial charge in [0.25, 0.3) is 0 Å². The van der Waals surface area contributed by atoms with E-state index in [9.17, 15) is 74.7 Å². The third kappa shape index (κ3) is 46.4. The molecule has 5 rings (SSSR count). The van der Waals surface area contributed by atoms with Crippen LogP contribution in [-0.4, -0.2) is 147 Å². The molecule has 5 aromatic rings. The van der Waals surface area contributed by atoms with Crippen LogP contribution >= 0.6 is 0 Å². The van der Waals surface area contributed by atoms with Crippen LogP contribution in [0.2, 0.25) is 0 Å². The lowest BCUT2D eigenvalue weighted by atomic mass is 9.85. The predicted molar refractivity (Wildman–Crippen MR) is 430 cm³/mol. The number of hydrogen-bond acceptors (Lipinski definition) is 17. The number of aliphatic carboxylic acids is 5. The minimum Gasteiger partial charge on any atom is -0.481 e. The summed E-state index contributed by atoms with van der Waals surface area (Å²) in [5, 5.41) is 51.8. The number of benzene rings is 5. The number of hydroxylamine groups is 7. The Labute approximate surface area is 688 Å². The van der Waals surface area contributed by atoms with Gasteiger partial charge >= 0.3 is 35.8 Å². The largest absolute Gasteiger partial charge is 0.481 e. The van der Waals surface area contributed by atoms with E-state index in [1.807, 2.05) is 146 Å². The molecule has 5 aromatic carbocycles. The van der Waals surface area contributed by atoms with Crippen LogP contribution in [0.3, 0.4) is 0 Å². The summed E-state index contributed by atoms with van der Waals surface area (Å²) in [4.78, 5) is 146. The van der Waals surface area contributed by atoms with E-state index in [1.165, 1.54) is 5.06 Å². The molecule has 0 aliphatic carbocycles. The Morgan fingerprint density at radius 2 is 0.771 bits per heavy atom. The average molecular weight is 1670 g/mol. The zero-order valence-electron chi connectivity index (χ0n) is 69.3. The van der Waals surface area contributed by atoms with Gasteiger partial charge in [-0.05, 0) is 72.6 Å². The first kappa shape index (κ1) is 107. The first-order valence-electron chi connectivity index (χ1n) is 39.3. The summed E-state index contributed by atoms with van der Waals surface area (Å²) in [7, 11) is 1.55. The second kappa shape index (κ2) is 63.6. The van der Waals surface area contributed by atoms with E-state index in [0.29, 0.717) is 82.9 Å². The van der Waals surface area contributed by atoms with Crippen molar-refractivity contribution in [1.82, 2.24) is 31.3 Å². The van der Waals surface area contributed by atoms with Crippen LogP contribution in [0.5, 0.6) is 5.75 Å². The number of nitrogens with zero attached hydrogens (tertiary/aromatic N) is 3. The molecule has 0 bridgehead atoms. The molecule has 0 aliphatic rings. The van der Waals surface area contributed by atoms with E-state index >= 15 is 0 Å². The van der Waals surface area contributed by atoms with E-state index in [0.717, 1.165) is 90.2 Å². The Kier molecular flexibility index (Phi) is 57.9. The highest BCUT2D eigenvalue weighted by Crippen LogP contribution is 2.31. The van der Waals surface area contributed by atoms with E-state index in [4.69, 9.17) is 44.9 Å². The standard InChI is InChI=1S/C22H35N3O4.C21H20F5NO4.C15H21NO4.C14H21NO3.C7H12O4.C7H12O2/c1-6-7-13-18(20(27)24-19(21(28)23-5)22(2,3)4)14-25(16-26)29-15-17-11-9-8-10-12-17;1-2-3-9-14(10-27(12-28)30-11-13-7-5-4-6-8-13)21(29)31-20-18(25)16(23)15(22)17(24)19(20)26;1-2-3-9-14(15(18)19)10-16(12-17)20-11-13-7-5-4-6-8-13;1-2-3-9-13(14(16)17)10-15-18-11-12-7-5-4-6-8-12;1-2-3-4-5(6(8)9)7(10)11;1-3-4-5-6(2)7(8)9/h8-12,16,18-19H,6-7,13-15H2,1-5H3,(H,23,28)(H,24,27);4-8,12,14H,2-3,9-11H2,1H3;4-8,12,14H,2-3,9-11H2,1H3,(H,18,19);4-8,13,15H,2-3,9-11H2,1H3,(H,16,17);5H,2-4H2,1H3,(H,8,9)(H,10,11);2-5H2,1H3,(H,8,9)/t18?,19-;;;;;/m1...../s1. The van der Waals surface area contributed by atoms with E-state index < -0.39 is 106 Å². The summed E-state index contributed by atoms with van der Waals surface area (Å²) in [5.41, 5.74) is 6.28. The Morgan fingerprint density at radius 3 is 1.11 bits per heavy atom. The smallest absolute Gasteiger partial charge is 0.330 e. The van der Waals surface area contributed by atoms with Crippen LogP contribution < -0.4 is 20.9 Å². The molecule has 656 valence electrons. The van der Waals surface area contributed by atoms with Crippen molar-refractivity contribution in [3.05, 3.63) is 185 Å². The Balaban J connectivity index is 0.00000146. The van der Waals surface area contributed by atoms with Crippen LogP contribution in [0, 0.1) is 64.1 Å². The summed E-state index contributed by atoms with van der Waals surface area (Å²) in [6, 6.07) is 36.8. The zero-order valence-corrected chi connectivity index (χ0v) is 69.3. The maximum absolute atomic E-state index is 13.8. The number of carboxylic acid groups (broad SMARTS) is 5. The summed E-state index contributed by atoms with van der Waals surface area (Å²) < 4.78 is 72.1. The van der Waals surface area contributed by atoms with Crippen LogP contribution in [0.15, 0.2) is 133 Å². The van der Waals surface area contributed by atoms with Crippen molar-refractivity contribution in [2.75, 3.05) is 33.2 Å². The summed E-state index contributed by atoms with van der Waals surface area (Å²) in [6.45, 7) is 22.1. The number of halogens is 5. The van der Waals surface area contributed by atoms with Gasteiger partial charge in [0.15, 0.2) is 5.92 Å². The highest BCUT2D eigenvalue weighted by molar-refractivity contribution is 5.93. The third-order valence-corrected chi connectivity index (χ3v) is 17.4. The van der Waals surface area contributed by atoms with Crippen molar-refractivity contribution in [2.24, 2.45) is 35.0 Å². The topological polar surface area (TPSA) is 381 Å². The van der Waals surface area contributed by atoms with Crippen molar-refractivity contribution in [3.8, 4) is 5.75 Å². The molecule has 5 amide bonds. The minimum absolute atomic E-state index is 0.00671. The molecule has 118 heavy (non-hydrogen) atoms. The number of ether oxygens (including phenoxy) is 1. The fraction of sp³-hybridized carbons (Fsp3) is 0.500. The number of likely N-dealkylation sites (N-methyl/N-ethyl adjacent to an activating group) is 1. The van der Waals surface area contributed by atoms with Gasteiger partial charge in [0, 0.05) is 19.2 Å². The normalized spacial score (nSPS) is 11.9. The molecule has 4 unspecified atom stereocenters. The number of rotatable bonds is 51. The van der Waals surface area contributed by atoms with Gasteiger partial charge in [0.2, 0.25) is 65.9 Å². The Hall–Kier alpha value is -10.5. The lowest BCUT2D eigenvalue weighted by molar-refractivity contribution is -0.184. The number of nitrogens with one attached hydrogen (secondary N) is 3. The third-order valence-electron chi connectivity index (χ3n) is 17.4. The van der Waals surface area contributed by atoms with Gasteiger partial charge in [-0.1, -0.05) is 261 Å². The van der Waals surface area contributed by atoms with Gasteiger partial charge in [-0.15, -0.1) is 0 Å². The number of carboxylic acids is 5. The van der Waals surface area contributed by atoms with Gasteiger partial charge in [-0.25, -0.2) is 38.6 Å². The average Bonchev–Trinajstić information content (AvgIpc) is 0.795. The van der Waals surface area contributed by atoms with Gasteiger partial charge in [0.1, 0.15) is 25.9 Å². The molecule has 0 heterocycles. The highest BCUT2D eigenvalue weighted by atomic mass is 19.2. The lowest BCUT2D eigenvalue weighted by Gasteiger charge is -2.32. The summed E-state index contributed by atoms with van der Waals surface area (Å²) in [6.07, 6.45) is 14.2. The van der Waals surface area contributed by atoms with Crippen LogP contribution in [0.25, 0.3) is 0 Å². The molecule has 8 N–H and O–H groups in total. The number of hydrogen-bond donors (Lipinski definition) is 8. The lowest BCUT2D eigenvalue weighted by Crippen LogP contribution is -2.55. The van der Waals surface area contributed by atoms with Crippen LogP contribution in [0.4, 0.5) is 22.0 Å². The van der Waals surface area contributed by atoms with Crippen molar-refractivity contribution in [1.29, 1.82) is 0 Å². The molecule has 5 atom stereocenters. The van der Waals surface area contributed by atoms with Gasteiger partial charge < -0.3 is 40.9 Å². The summed E-state index contributed by atoms with van der Waals surface area (Å²) in [5.74, 6) is -23.6. The number of amides is 5. The second-order valence-corrected chi connectivity index (χ2v) is 28.2. The van der Waals surface area contributed by atoms with Crippen LogP contribution in [-0.2, 0) is 98.5 Å². The fourth-order valence-corrected chi connectivity index (χ4v) is 10.3. The van der Waals surface area contributed by atoms with E-state index in [2.05, 4.69) is 34.4 Å². The first-order chi connectivity index (χ1) is 56.2. The number of carbonyl (C=O) groups excluding carboxylic acids is 6. The van der Waals surface area contributed by atoms with Crippen LogP contribution in [0.1, 0.15) is 200 Å². The molecule has 32 heteroatoms. The maximum Gasteiger partial charge on any atom is 0.330 e. The highest BCUT2D eigenvalue weighted by Gasteiger charge is 2.36. The molecule has 0 aliphatic heterocycles. The number of carbonyl (C=O) groups is 11. The summed E-state index contributed by atoms with van der Waals surface area (Å²) >= 11 is 0. The predicted octanol–water partition coefficient (Wildman–Crippen LogP) is 15.2. The number of esters is 1. The number of unbranched alkanes of at least 4 members (excludes halogenated alkanes) is 6. The van der Waals surface area contributed by atoms with Gasteiger partial charge in [0.05, 0.1) is 49.9 Å². The fourth-order valence-electron chi connectivity index (χ4n) is 10.3. The molecule has 0 saturated carbocycles. The maximum atomic E-state index is 13.8. The van der Waals surface area contributed by atoms with Gasteiger partial charge in [-0.2, -0.15) is 8.78 Å². The quantitative estimate of drug-likeness (QED) is 0.00171. The first-order valence-corrected chi connectivity index (χ1v) is 39.3. The molecule has 0 saturated heterocycles. The van der Waals surface area contributed by atoms with Crippen molar-refractivity contribution in [2.45, 2.75) is 210 Å². The van der Waals surface area contributed by atoms with Crippen molar-refractivity contribution >= 4 is 66.9 Å². The molecule has 0 radical (unpaired) electrons. The molecule has 0 fully saturated rings. The Morgan fingerprint density at radius 1 is 0.441 bits per heavy atom. The molecular weight excluding hydrogens is 1550 g/mol. The van der Waals surface area contributed by atoms with E-state index in [-0.39, 0.29) is 70.0 Å². The monoisotopic (exact) mass is 1670 g/mol. The molecule has 27 nitrogen and oxygen atoms in total. The van der Waals surface area contributed by atoms with Crippen molar-refractivity contribution in [3.63, 3.8) is 0 Å². The van der Waals surface area contributed by atoms with E-state index in [1.54, 1.807) is 37.4 Å². The molecule has 0 aromatic heterocycles. The van der Waals surface area contributed by atoms with Crippen molar-refractivity contribution < 1.29 is 124 Å². The molecule has 0 spiro atoms. The Bertz CT molecular complexity index is 3680. The second-order valence-electron chi connectivity index (χ2n) is 28.2. The van der Waals surface area contributed by atoms with Gasteiger partial charge in [-0.3, -0.25) is 67.3 Å². The zero-order chi connectivity index (χ0) is 89.0. The minimum atomic E-state index is -2.36.